The maximum atomic E-state index is 11.4. The highest BCUT2D eigenvalue weighted by molar-refractivity contribution is 9.09. The normalized spacial score (nSPS) is 27.4. The van der Waals surface area contributed by atoms with Gasteiger partial charge in [-0.2, -0.15) is 0 Å². The van der Waals surface area contributed by atoms with Crippen molar-refractivity contribution in [2.75, 3.05) is 7.11 Å². The van der Waals surface area contributed by atoms with Crippen LogP contribution >= 0.6 is 15.9 Å². The minimum Gasteiger partial charge on any atom is -0.500 e. The van der Waals surface area contributed by atoms with E-state index in [0.717, 1.165) is 24.2 Å². The summed E-state index contributed by atoms with van der Waals surface area (Å²) in [6, 6.07) is 0. The summed E-state index contributed by atoms with van der Waals surface area (Å²) in [6.45, 7) is 0. The number of halogens is 1. The van der Waals surface area contributed by atoms with Crippen LogP contribution in [0.1, 0.15) is 19.3 Å². The van der Waals surface area contributed by atoms with E-state index in [-0.39, 0.29) is 10.6 Å². The van der Waals surface area contributed by atoms with E-state index >= 15 is 0 Å². The molecule has 0 amide bonds. The second-order valence-electron chi connectivity index (χ2n) is 3.36. The van der Waals surface area contributed by atoms with Crippen LogP contribution in [0.3, 0.4) is 0 Å². The van der Waals surface area contributed by atoms with Crippen LogP contribution in [0, 0.1) is 0 Å². The Kier molecular flexibility index (Phi) is 2.28. The number of carbonyl (C=O) groups is 1. The Labute approximate surface area is 85.8 Å². The first-order valence-electron chi connectivity index (χ1n) is 4.37. The van der Waals surface area contributed by atoms with E-state index in [2.05, 4.69) is 15.9 Å². The quantitative estimate of drug-likeness (QED) is 0.661. The first-order chi connectivity index (χ1) is 6.22. The molecule has 0 N–H and O–H groups in total. The molecule has 1 atom stereocenters. The van der Waals surface area contributed by atoms with Crippen molar-refractivity contribution < 1.29 is 9.53 Å². The maximum Gasteiger partial charge on any atom is 0.163 e. The zero-order chi connectivity index (χ0) is 9.42. The van der Waals surface area contributed by atoms with Crippen molar-refractivity contribution in [2.45, 2.75) is 24.1 Å². The maximum absolute atomic E-state index is 11.4. The largest absolute Gasteiger partial charge is 0.500 e. The van der Waals surface area contributed by atoms with Crippen molar-refractivity contribution in [3.05, 3.63) is 23.0 Å². The van der Waals surface area contributed by atoms with Gasteiger partial charge in [0.05, 0.1) is 11.9 Å². The average molecular weight is 243 g/mol. The molecule has 2 rings (SSSR count). The summed E-state index contributed by atoms with van der Waals surface area (Å²) in [5, 5.41) is 0. The fourth-order valence-electron chi connectivity index (χ4n) is 1.86. The van der Waals surface area contributed by atoms with Crippen LogP contribution < -0.4 is 0 Å². The number of rotatable bonds is 1. The molecule has 0 fully saturated rings. The van der Waals surface area contributed by atoms with Gasteiger partial charge in [-0.05, 0) is 18.9 Å². The van der Waals surface area contributed by atoms with Gasteiger partial charge in [-0.3, -0.25) is 4.79 Å². The summed E-state index contributed by atoms with van der Waals surface area (Å²) in [5.41, 5.74) is 2.18. The van der Waals surface area contributed by atoms with Crippen LogP contribution in [-0.2, 0) is 9.53 Å². The number of carbonyl (C=O) groups excluding carboxylic acids is 1. The molecule has 0 aliphatic heterocycles. The highest BCUT2D eigenvalue weighted by Gasteiger charge is 2.29. The van der Waals surface area contributed by atoms with Gasteiger partial charge in [-0.1, -0.05) is 21.5 Å². The first-order valence-corrected chi connectivity index (χ1v) is 5.29. The molecule has 2 aliphatic carbocycles. The van der Waals surface area contributed by atoms with Crippen LogP contribution in [0.25, 0.3) is 0 Å². The molecule has 2 nitrogen and oxygen atoms in total. The highest BCUT2D eigenvalue weighted by Crippen LogP contribution is 2.36. The Morgan fingerprint density at radius 1 is 1.54 bits per heavy atom. The Bertz CT molecular complexity index is 315. The number of methoxy groups -OCH3 is 1. The zero-order valence-corrected chi connectivity index (χ0v) is 9.06. The van der Waals surface area contributed by atoms with Gasteiger partial charge in [-0.15, -0.1) is 0 Å². The van der Waals surface area contributed by atoms with Crippen molar-refractivity contribution in [1.29, 1.82) is 0 Å². The van der Waals surface area contributed by atoms with E-state index in [4.69, 9.17) is 4.74 Å². The number of ketones is 1. The number of Topliss-reactive ketones (excluding diaryl/α,β-unsaturated/α-hetero) is 1. The van der Waals surface area contributed by atoms with Gasteiger partial charge in [0.2, 0.25) is 0 Å². The molecule has 0 spiro atoms. The van der Waals surface area contributed by atoms with Crippen LogP contribution in [0.4, 0.5) is 0 Å². The van der Waals surface area contributed by atoms with Gasteiger partial charge in [-0.25, -0.2) is 0 Å². The van der Waals surface area contributed by atoms with E-state index in [1.165, 1.54) is 5.57 Å². The van der Waals surface area contributed by atoms with Gasteiger partial charge >= 0.3 is 0 Å². The third kappa shape index (κ3) is 1.46. The molecule has 3 heteroatoms. The number of hydrogen-bond donors (Lipinski definition) is 0. The number of allylic oxidation sites excluding steroid dienone is 4. The Balaban J connectivity index is 2.34. The van der Waals surface area contributed by atoms with Gasteiger partial charge in [0.1, 0.15) is 5.76 Å². The summed E-state index contributed by atoms with van der Waals surface area (Å²) < 4.78 is 5.19. The molecular weight excluding hydrogens is 232 g/mol. The molecule has 1 unspecified atom stereocenters. The van der Waals surface area contributed by atoms with Crippen molar-refractivity contribution in [3.8, 4) is 0 Å². The van der Waals surface area contributed by atoms with E-state index in [1.807, 2.05) is 6.08 Å². The monoisotopic (exact) mass is 242 g/mol. The van der Waals surface area contributed by atoms with Crippen LogP contribution in [0.5, 0.6) is 0 Å². The van der Waals surface area contributed by atoms with Gasteiger partial charge < -0.3 is 4.74 Å². The lowest BCUT2D eigenvalue weighted by molar-refractivity contribution is -0.114. The average Bonchev–Trinajstić information content (AvgIpc) is 2.46. The SMILES string of the molecule is COC1=CC2=C(CCC2=O)CC1Br. The first kappa shape index (κ1) is 9.00. The standard InChI is InChI=1S/C10H11BrO2/c1-13-10-5-7-6(4-8(10)11)2-3-9(7)12/h5,8H,2-4H2,1H3. The summed E-state index contributed by atoms with van der Waals surface area (Å²) in [5.74, 6) is 1.14. The molecule has 0 radical (unpaired) electrons. The van der Waals surface area contributed by atoms with Crippen molar-refractivity contribution in [1.82, 2.24) is 0 Å². The van der Waals surface area contributed by atoms with Crippen molar-refractivity contribution in [2.24, 2.45) is 0 Å². The molecule has 0 bridgehead atoms. The zero-order valence-electron chi connectivity index (χ0n) is 7.47. The van der Waals surface area contributed by atoms with Crippen LogP contribution in [0.15, 0.2) is 23.0 Å². The summed E-state index contributed by atoms with van der Waals surface area (Å²) in [6.07, 6.45) is 4.41. The summed E-state index contributed by atoms with van der Waals surface area (Å²) in [4.78, 5) is 11.7. The van der Waals surface area contributed by atoms with Gasteiger partial charge in [0, 0.05) is 12.0 Å². The van der Waals surface area contributed by atoms with Crippen LogP contribution in [-0.4, -0.2) is 17.7 Å². The minimum atomic E-state index is 0.252. The lowest BCUT2D eigenvalue weighted by Crippen LogP contribution is -2.11. The van der Waals surface area contributed by atoms with E-state index < -0.39 is 0 Å². The second kappa shape index (κ2) is 3.29. The molecule has 2 aliphatic rings. The number of alkyl halides is 1. The summed E-state index contributed by atoms with van der Waals surface area (Å²) in [7, 11) is 1.64. The molecule has 0 saturated heterocycles. The van der Waals surface area contributed by atoms with Gasteiger partial charge in [0.25, 0.3) is 0 Å². The third-order valence-corrected chi connectivity index (χ3v) is 3.37. The molecule has 0 saturated carbocycles. The smallest absolute Gasteiger partial charge is 0.163 e. The number of ether oxygens (including phenoxy) is 1. The van der Waals surface area contributed by atoms with Gasteiger partial charge in [0.15, 0.2) is 5.78 Å². The third-order valence-electron chi connectivity index (χ3n) is 2.59. The van der Waals surface area contributed by atoms with E-state index in [9.17, 15) is 4.79 Å². The molecule has 0 aromatic heterocycles. The molecule has 13 heavy (non-hydrogen) atoms. The lowest BCUT2D eigenvalue weighted by Gasteiger charge is -2.19. The highest BCUT2D eigenvalue weighted by atomic mass is 79.9. The molecule has 0 aromatic carbocycles. The van der Waals surface area contributed by atoms with E-state index in [0.29, 0.717) is 6.42 Å². The minimum absolute atomic E-state index is 0.252. The second-order valence-corrected chi connectivity index (χ2v) is 4.47. The number of hydrogen-bond acceptors (Lipinski definition) is 2. The van der Waals surface area contributed by atoms with E-state index in [1.54, 1.807) is 7.11 Å². The molecule has 0 heterocycles. The lowest BCUT2D eigenvalue weighted by atomic mass is 9.98. The molecule has 0 aromatic rings. The fraction of sp³-hybridized carbons (Fsp3) is 0.500. The Hall–Kier alpha value is -0.570. The van der Waals surface area contributed by atoms with Crippen molar-refractivity contribution in [3.63, 3.8) is 0 Å². The predicted molar refractivity (Wildman–Crippen MR) is 53.7 cm³/mol. The summed E-state index contributed by atoms with van der Waals surface area (Å²) >= 11 is 3.53. The predicted octanol–water partition coefficient (Wildman–Crippen LogP) is 2.34. The fourth-order valence-corrected chi connectivity index (χ4v) is 2.57. The Morgan fingerprint density at radius 3 is 3.00 bits per heavy atom. The Morgan fingerprint density at radius 2 is 2.31 bits per heavy atom. The van der Waals surface area contributed by atoms with Crippen LogP contribution in [0.2, 0.25) is 0 Å². The van der Waals surface area contributed by atoms with Crippen molar-refractivity contribution >= 4 is 21.7 Å². The molecular formula is C10H11BrO2. The topological polar surface area (TPSA) is 26.3 Å². The molecule has 70 valence electrons.